The molecule has 1 unspecified atom stereocenters. The molecular formula is C13H19N3O3S. The molecule has 7 heteroatoms. The SMILES string of the molecule is CC(C(=O)O)N(C)CC(=O)Nc1nc2c(s1)CCCC2. The number of nitrogens with zero attached hydrogens (tertiary/aromatic N) is 2. The number of anilines is 1. The van der Waals surface area contributed by atoms with Crippen molar-refractivity contribution in [3.8, 4) is 0 Å². The number of carbonyl (C=O) groups excluding carboxylic acids is 1. The highest BCUT2D eigenvalue weighted by Crippen LogP contribution is 2.29. The van der Waals surface area contributed by atoms with Crippen LogP contribution in [0.2, 0.25) is 0 Å². The summed E-state index contributed by atoms with van der Waals surface area (Å²) in [6.07, 6.45) is 4.36. The van der Waals surface area contributed by atoms with Gasteiger partial charge in [-0.1, -0.05) is 0 Å². The number of aliphatic carboxylic acids is 1. The third-order valence-electron chi connectivity index (χ3n) is 3.50. The summed E-state index contributed by atoms with van der Waals surface area (Å²) < 4.78 is 0. The quantitative estimate of drug-likeness (QED) is 0.857. The number of carboxylic acid groups (broad SMARTS) is 1. The van der Waals surface area contributed by atoms with Crippen LogP contribution >= 0.6 is 11.3 Å². The number of aromatic nitrogens is 1. The number of nitrogens with one attached hydrogen (secondary N) is 1. The van der Waals surface area contributed by atoms with Gasteiger partial charge in [-0.2, -0.15) is 0 Å². The Morgan fingerprint density at radius 2 is 2.15 bits per heavy atom. The lowest BCUT2D eigenvalue weighted by atomic mass is 10.0. The third-order valence-corrected chi connectivity index (χ3v) is 4.58. The summed E-state index contributed by atoms with van der Waals surface area (Å²) in [6.45, 7) is 1.59. The molecule has 1 amide bonds. The average molecular weight is 297 g/mol. The monoisotopic (exact) mass is 297 g/mol. The van der Waals surface area contributed by atoms with Gasteiger partial charge in [0.15, 0.2) is 5.13 Å². The number of thiazole rings is 1. The fourth-order valence-electron chi connectivity index (χ4n) is 2.12. The number of rotatable bonds is 5. The molecule has 0 spiro atoms. The standard InChI is InChI=1S/C13H19N3O3S/c1-8(12(18)19)16(2)7-11(17)15-13-14-9-5-3-4-6-10(9)20-13/h8H,3-7H2,1-2H3,(H,18,19)(H,14,15,17). The number of hydrogen-bond donors (Lipinski definition) is 2. The van der Waals surface area contributed by atoms with E-state index in [1.54, 1.807) is 14.0 Å². The van der Waals surface area contributed by atoms with Crippen LogP contribution in [0.5, 0.6) is 0 Å². The van der Waals surface area contributed by atoms with Crippen molar-refractivity contribution in [3.05, 3.63) is 10.6 Å². The van der Waals surface area contributed by atoms with Gasteiger partial charge in [-0.25, -0.2) is 4.98 Å². The Morgan fingerprint density at radius 1 is 1.45 bits per heavy atom. The van der Waals surface area contributed by atoms with Gasteiger partial charge >= 0.3 is 5.97 Å². The number of likely N-dealkylation sites (N-methyl/N-ethyl adjacent to an activating group) is 1. The third kappa shape index (κ3) is 3.55. The Hall–Kier alpha value is -1.47. The van der Waals surface area contributed by atoms with E-state index in [0.29, 0.717) is 5.13 Å². The summed E-state index contributed by atoms with van der Waals surface area (Å²) in [5.74, 6) is -1.17. The van der Waals surface area contributed by atoms with Gasteiger partial charge in [-0.3, -0.25) is 14.5 Å². The van der Waals surface area contributed by atoms with Crippen molar-refractivity contribution in [2.75, 3.05) is 18.9 Å². The van der Waals surface area contributed by atoms with Crippen LogP contribution in [0.25, 0.3) is 0 Å². The van der Waals surface area contributed by atoms with Gasteiger partial charge < -0.3 is 10.4 Å². The van der Waals surface area contributed by atoms with Crippen molar-refractivity contribution < 1.29 is 14.7 Å². The molecule has 1 aromatic rings. The molecule has 110 valence electrons. The van der Waals surface area contributed by atoms with Crippen LogP contribution in [0.1, 0.15) is 30.3 Å². The van der Waals surface area contributed by atoms with E-state index in [0.717, 1.165) is 25.0 Å². The van der Waals surface area contributed by atoms with E-state index in [2.05, 4.69) is 10.3 Å². The number of hydrogen-bond acceptors (Lipinski definition) is 5. The lowest BCUT2D eigenvalue weighted by Gasteiger charge is -2.19. The Kier molecular flexibility index (Phi) is 4.72. The van der Waals surface area contributed by atoms with Gasteiger partial charge in [0, 0.05) is 4.88 Å². The van der Waals surface area contributed by atoms with Crippen LogP contribution in [0.3, 0.4) is 0 Å². The fraction of sp³-hybridized carbons (Fsp3) is 0.615. The van der Waals surface area contributed by atoms with Gasteiger partial charge in [-0.15, -0.1) is 11.3 Å². The molecule has 0 aromatic carbocycles. The van der Waals surface area contributed by atoms with E-state index in [1.807, 2.05) is 0 Å². The summed E-state index contributed by atoms with van der Waals surface area (Å²) in [7, 11) is 1.62. The highest BCUT2D eigenvalue weighted by atomic mass is 32.1. The molecule has 2 N–H and O–H groups in total. The van der Waals surface area contributed by atoms with Crippen molar-refractivity contribution >= 4 is 28.3 Å². The van der Waals surface area contributed by atoms with E-state index >= 15 is 0 Å². The molecule has 1 heterocycles. The zero-order valence-corrected chi connectivity index (χ0v) is 12.5. The van der Waals surface area contributed by atoms with Crippen LogP contribution in [-0.4, -0.2) is 46.5 Å². The molecule has 2 rings (SSSR count). The van der Waals surface area contributed by atoms with Crippen molar-refractivity contribution in [1.82, 2.24) is 9.88 Å². The molecule has 0 bridgehead atoms. The first kappa shape index (κ1) is 14.9. The maximum absolute atomic E-state index is 11.9. The van der Waals surface area contributed by atoms with E-state index in [9.17, 15) is 9.59 Å². The van der Waals surface area contributed by atoms with Gasteiger partial charge in [0.25, 0.3) is 0 Å². The Balaban J connectivity index is 1.91. The molecule has 0 fully saturated rings. The van der Waals surface area contributed by atoms with Crippen molar-refractivity contribution in [2.24, 2.45) is 0 Å². The second-order valence-corrected chi connectivity index (χ2v) is 6.16. The van der Waals surface area contributed by atoms with Gasteiger partial charge in [0.1, 0.15) is 6.04 Å². The summed E-state index contributed by atoms with van der Waals surface area (Å²) in [6, 6.07) is -0.690. The summed E-state index contributed by atoms with van der Waals surface area (Å²) in [5.41, 5.74) is 1.10. The number of carbonyl (C=O) groups is 2. The zero-order chi connectivity index (χ0) is 14.7. The fourth-order valence-corrected chi connectivity index (χ4v) is 3.18. The first-order valence-corrected chi connectivity index (χ1v) is 7.50. The molecule has 6 nitrogen and oxygen atoms in total. The van der Waals surface area contributed by atoms with Crippen LogP contribution in [0, 0.1) is 0 Å². The number of aryl methyl sites for hydroxylation is 2. The van der Waals surface area contributed by atoms with E-state index in [1.165, 1.54) is 27.5 Å². The Labute approximate surface area is 121 Å². The highest BCUT2D eigenvalue weighted by molar-refractivity contribution is 7.15. The maximum Gasteiger partial charge on any atom is 0.320 e. The van der Waals surface area contributed by atoms with Crippen LogP contribution in [0.15, 0.2) is 0 Å². The zero-order valence-electron chi connectivity index (χ0n) is 11.7. The van der Waals surface area contributed by atoms with Gasteiger partial charge in [-0.05, 0) is 39.7 Å². The molecule has 0 radical (unpaired) electrons. The minimum absolute atomic E-state index is 0.0394. The normalized spacial score (nSPS) is 15.8. The second kappa shape index (κ2) is 6.32. The molecule has 0 saturated carbocycles. The molecule has 0 aliphatic heterocycles. The average Bonchev–Trinajstić information content (AvgIpc) is 2.79. The summed E-state index contributed by atoms with van der Waals surface area (Å²) in [4.78, 5) is 29.9. The van der Waals surface area contributed by atoms with Crippen LogP contribution in [-0.2, 0) is 22.4 Å². The summed E-state index contributed by atoms with van der Waals surface area (Å²) in [5, 5.41) is 12.3. The largest absolute Gasteiger partial charge is 0.480 e. The lowest BCUT2D eigenvalue weighted by molar-refractivity contribution is -0.142. The van der Waals surface area contributed by atoms with Crippen LogP contribution in [0.4, 0.5) is 5.13 Å². The molecular weight excluding hydrogens is 278 g/mol. The molecule has 1 atom stereocenters. The first-order chi connectivity index (χ1) is 9.47. The highest BCUT2D eigenvalue weighted by Gasteiger charge is 2.20. The Morgan fingerprint density at radius 3 is 2.80 bits per heavy atom. The molecule has 20 heavy (non-hydrogen) atoms. The molecule has 1 aromatic heterocycles. The van der Waals surface area contributed by atoms with Crippen molar-refractivity contribution in [2.45, 2.75) is 38.6 Å². The molecule has 1 aliphatic carbocycles. The molecule has 0 saturated heterocycles. The van der Waals surface area contributed by atoms with Crippen molar-refractivity contribution in [3.63, 3.8) is 0 Å². The summed E-state index contributed by atoms with van der Waals surface area (Å²) >= 11 is 1.53. The lowest BCUT2D eigenvalue weighted by Crippen LogP contribution is -2.40. The van der Waals surface area contributed by atoms with Gasteiger partial charge in [0.2, 0.25) is 5.91 Å². The minimum atomic E-state index is -0.940. The number of carboxylic acids is 1. The van der Waals surface area contributed by atoms with Gasteiger partial charge in [0.05, 0.1) is 12.2 Å². The Bertz CT molecular complexity index is 491. The van der Waals surface area contributed by atoms with Crippen LogP contribution < -0.4 is 5.32 Å². The van der Waals surface area contributed by atoms with Crippen molar-refractivity contribution in [1.29, 1.82) is 0 Å². The van der Waals surface area contributed by atoms with E-state index in [-0.39, 0.29) is 12.5 Å². The van der Waals surface area contributed by atoms with E-state index < -0.39 is 12.0 Å². The van der Waals surface area contributed by atoms with E-state index in [4.69, 9.17) is 5.11 Å². The molecule has 1 aliphatic rings. The maximum atomic E-state index is 11.9. The minimum Gasteiger partial charge on any atom is -0.480 e. The first-order valence-electron chi connectivity index (χ1n) is 6.69. The number of amides is 1. The predicted octanol–water partition coefficient (Wildman–Crippen LogP) is 1.37. The predicted molar refractivity (Wildman–Crippen MR) is 77.1 cm³/mol. The number of fused-ring (bicyclic) bond motifs is 1. The second-order valence-electron chi connectivity index (χ2n) is 5.07. The smallest absolute Gasteiger partial charge is 0.320 e. The topological polar surface area (TPSA) is 82.5 Å².